The van der Waals surface area contributed by atoms with Crippen LogP contribution < -0.4 is 10.6 Å². The molecule has 0 heterocycles. The summed E-state index contributed by atoms with van der Waals surface area (Å²) in [5, 5.41) is 6.38. The highest BCUT2D eigenvalue weighted by Crippen LogP contribution is 2.11. The normalized spacial score (nSPS) is 13.7. The van der Waals surface area contributed by atoms with E-state index >= 15 is 0 Å². The van der Waals surface area contributed by atoms with Crippen molar-refractivity contribution in [2.45, 2.75) is 84.8 Å². The third-order valence-electron chi connectivity index (χ3n) is 4.46. The molecule has 4 nitrogen and oxygen atoms in total. The number of amides is 1. The third kappa shape index (κ3) is 8.13. The van der Waals surface area contributed by atoms with E-state index in [9.17, 15) is 9.59 Å². The third-order valence-corrected chi connectivity index (χ3v) is 4.46. The molecule has 2 unspecified atom stereocenters. The maximum Gasteiger partial charge on any atom is 0.238 e. The van der Waals surface area contributed by atoms with E-state index in [0.717, 1.165) is 31.2 Å². The molecule has 2 N–H and O–H groups in total. The first-order valence-corrected chi connectivity index (χ1v) is 9.99. The molecule has 26 heavy (non-hydrogen) atoms. The van der Waals surface area contributed by atoms with E-state index in [4.69, 9.17) is 0 Å². The van der Waals surface area contributed by atoms with Crippen LogP contribution in [0.3, 0.4) is 0 Å². The lowest BCUT2D eigenvalue weighted by atomic mass is 9.96. The van der Waals surface area contributed by atoms with Gasteiger partial charge in [-0.3, -0.25) is 9.59 Å². The average Bonchev–Trinajstić information content (AvgIpc) is 2.60. The molecule has 1 aromatic carbocycles. The lowest BCUT2D eigenvalue weighted by Gasteiger charge is -2.25. The van der Waals surface area contributed by atoms with E-state index < -0.39 is 0 Å². The zero-order chi connectivity index (χ0) is 19.5. The second kappa shape index (κ2) is 11.8. The lowest BCUT2D eigenvalue weighted by molar-refractivity contribution is -0.130. The van der Waals surface area contributed by atoms with Gasteiger partial charge in [-0.05, 0) is 18.4 Å². The first kappa shape index (κ1) is 22.4. The van der Waals surface area contributed by atoms with E-state index in [1.807, 2.05) is 58.0 Å². The van der Waals surface area contributed by atoms with Crippen molar-refractivity contribution in [1.82, 2.24) is 10.6 Å². The van der Waals surface area contributed by atoms with Crippen molar-refractivity contribution in [3.8, 4) is 0 Å². The maximum atomic E-state index is 12.9. The van der Waals surface area contributed by atoms with Gasteiger partial charge in [0.25, 0.3) is 0 Å². The van der Waals surface area contributed by atoms with Gasteiger partial charge in [0.15, 0.2) is 5.78 Å². The van der Waals surface area contributed by atoms with Gasteiger partial charge in [0.1, 0.15) is 0 Å². The summed E-state index contributed by atoms with van der Waals surface area (Å²) in [6, 6.07) is 9.45. The molecule has 0 aromatic heterocycles. The van der Waals surface area contributed by atoms with E-state index in [1.165, 1.54) is 0 Å². The number of hydrogen-bond donors (Lipinski definition) is 2. The van der Waals surface area contributed by atoms with E-state index in [1.54, 1.807) is 0 Å². The van der Waals surface area contributed by atoms with Gasteiger partial charge in [0.05, 0.1) is 12.1 Å². The summed E-state index contributed by atoms with van der Waals surface area (Å²) >= 11 is 0. The van der Waals surface area contributed by atoms with Crippen LogP contribution >= 0.6 is 0 Å². The summed E-state index contributed by atoms with van der Waals surface area (Å²) in [6.45, 7) is 10.00. The highest BCUT2D eigenvalue weighted by molar-refractivity contribution is 5.91. The zero-order valence-electron chi connectivity index (χ0n) is 17.0. The number of ketones is 1. The summed E-state index contributed by atoms with van der Waals surface area (Å²) in [6.07, 6.45) is 4.47. The minimum atomic E-state index is -0.388. The molecule has 1 amide bonds. The summed E-state index contributed by atoms with van der Waals surface area (Å²) < 4.78 is 0. The quantitative estimate of drug-likeness (QED) is 0.556. The standard InChI is InChI=1S/C22H36N2O2/c1-6-7-9-14-19(21(25)16(2)3)24-22(26)20(23-17(4)5)15-18-12-10-8-11-13-18/h8,10-13,16-17,19-20,23H,6-7,9,14-15H2,1-5H3,(H,24,26). The monoisotopic (exact) mass is 360 g/mol. The molecular weight excluding hydrogens is 324 g/mol. The smallest absolute Gasteiger partial charge is 0.238 e. The molecule has 146 valence electrons. The van der Waals surface area contributed by atoms with Gasteiger partial charge < -0.3 is 10.6 Å². The second-order valence-corrected chi connectivity index (χ2v) is 7.68. The van der Waals surface area contributed by atoms with Crippen LogP contribution in [-0.2, 0) is 16.0 Å². The molecule has 0 aliphatic carbocycles. The second-order valence-electron chi connectivity index (χ2n) is 7.68. The topological polar surface area (TPSA) is 58.2 Å². The number of hydrogen-bond acceptors (Lipinski definition) is 3. The molecule has 2 atom stereocenters. The molecule has 0 spiro atoms. The van der Waals surface area contributed by atoms with Crippen molar-refractivity contribution in [1.29, 1.82) is 0 Å². The predicted octanol–water partition coefficient (Wildman–Crippen LogP) is 3.89. The van der Waals surface area contributed by atoms with Gasteiger partial charge in [0, 0.05) is 12.0 Å². The Kier molecular flexibility index (Phi) is 10.2. The van der Waals surface area contributed by atoms with Gasteiger partial charge in [0.2, 0.25) is 5.91 Å². The van der Waals surface area contributed by atoms with Crippen LogP contribution in [-0.4, -0.2) is 29.8 Å². The van der Waals surface area contributed by atoms with Crippen molar-refractivity contribution in [2.24, 2.45) is 5.92 Å². The van der Waals surface area contributed by atoms with Crippen LogP contribution in [0, 0.1) is 5.92 Å². The van der Waals surface area contributed by atoms with Crippen LogP contribution in [0.2, 0.25) is 0 Å². The molecule has 1 rings (SSSR count). The number of carbonyl (C=O) groups excluding carboxylic acids is 2. The number of Topliss-reactive ketones (excluding diaryl/α,β-unsaturated/α-hetero) is 1. The van der Waals surface area contributed by atoms with Crippen LogP contribution in [0.5, 0.6) is 0 Å². The molecule has 0 aliphatic rings. The molecule has 0 aliphatic heterocycles. The Bertz CT molecular complexity index is 540. The van der Waals surface area contributed by atoms with Gasteiger partial charge in [-0.15, -0.1) is 0 Å². The summed E-state index contributed by atoms with van der Waals surface area (Å²) in [7, 11) is 0. The lowest BCUT2D eigenvalue weighted by Crippen LogP contribution is -2.53. The minimum absolute atomic E-state index is 0.0763. The number of benzene rings is 1. The molecule has 0 saturated carbocycles. The molecule has 0 fully saturated rings. The Morgan fingerprint density at radius 1 is 0.962 bits per heavy atom. The summed E-state index contributed by atoms with van der Waals surface area (Å²) in [4.78, 5) is 25.5. The largest absolute Gasteiger partial charge is 0.345 e. The van der Waals surface area contributed by atoms with Crippen molar-refractivity contribution >= 4 is 11.7 Å². The molecule has 1 aromatic rings. The van der Waals surface area contributed by atoms with Gasteiger partial charge in [-0.1, -0.05) is 84.2 Å². The van der Waals surface area contributed by atoms with E-state index in [-0.39, 0.29) is 35.7 Å². The van der Waals surface area contributed by atoms with Crippen molar-refractivity contribution < 1.29 is 9.59 Å². The Balaban J connectivity index is 2.83. The minimum Gasteiger partial charge on any atom is -0.345 e. The Morgan fingerprint density at radius 3 is 2.15 bits per heavy atom. The average molecular weight is 361 g/mol. The number of unbranched alkanes of at least 4 members (excludes halogenated alkanes) is 2. The fourth-order valence-corrected chi connectivity index (χ4v) is 3.04. The predicted molar refractivity (Wildman–Crippen MR) is 108 cm³/mol. The van der Waals surface area contributed by atoms with Crippen molar-refractivity contribution in [3.05, 3.63) is 35.9 Å². The molecule has 0 radical (unpaired) electrons. The van der Waals surface area contributed by atoms with Gasteiger partial charge >= 0.3 is 0 Å². The van der Waals surface area contributed by atoms with Crippen molar-refractivity contribution in [3.63, 3.8) is 0 Å². The fraction of sp³-hybridized carbons (Fsp3) is 0.636. The Hall–Kier alpha value is -1.68. The molecule has 4 heteroatoms. The summed E-state index contributed by atoms with van der Waals surface area (Å²) in [5.41, 5.74) is 1.11. The Labute approximate surface area is 159 Å². The number of carbonyl (C=O) groups is 2. The molecular formula is C22H36N2O2. The van der Waals surface area contributed by atoms with Crippen molar-refractivity contribution in [2.75, 3.05) is 0 Å². The highest BCUT2D eigenvalue weighted by Gasteiger charge is 2.27. The maximum absolute atomic E-state index is 12.9. The number of nitrogens with one attached hydrogen (secondary N) is 2. The van der Waals surface area contributed by atoms with Crippen LogP contribution in [0.15, 0.2) is 30.3 Å². The van der Waals surface area contributed by atoms with Crippen LogP contribution in [0.4, 0.5) is 0 Å². The SMILES string of the molecule is CCCCCC(NC(=O)C(Cc1ccccc1)NC(C)C)C(=O)C(C)C. The van der Waals surface area contributed by atoms with E-state index in [2.05, 4.69) is 17.6 Å². The first-order chi connectivity index (χ1) is 12.3. The van der Waals surface area contributed by atoms with Crippen LogP contribution in [0.25, 0.3) is 0 Å². The van der Waals surface area contributed by atoms with E-state index in [0.29, 0.717) is 6.42 Å². The summed E-state index contributed by atoms with van der Waals surface area (Å²) in [5.74, 6) is -0.0388. The van der Waals surface area contributed by atoms with Gasteiger partial charge in [-0.2, -0.15) is 0 Å². The number of rotatable bonds is 12. The first-order valence-electron chi connectivity index (χ1n) is 9.99. The fourth-order valence-electron chi connectivity index (χ4n) is 3.04. The Morgan fingerprint density at radius 2 is 1.62 bits per heavy atom. The molecule has 0 saturated heterocycles. The highest BCUT2D eigenvalue weighted by atomic mass is 16.2. The molecule has 0 bridgehead atoms. The van der Waals surface area contributed by atoms with Gasteiger partial charge in [-0.25, -0.2) is 0 Å². The zero-order valence-corrected chi connectivity index (χ0v) is 17.0. The van der Waals surface area contributed by atoms with Crippen LogP contribution in [0.1, 0.15) is 65.9 Å².